The highest BCUT2D eigenvalue weighted by atomic mass is 16.5. The number of benzene rings is 3. The maximum absolute atomic E-state index is 12.8. The second kappa shape index (κ2) is 10.4. The van der Waals surface area contributed by atoms with Gasteiger partial charge in [-0.05, 0) is 54.1 Å². The zero-order chi connectivity index (χ0) is 23.0. The third-order valence-corrected chi connectivity index (χ3v) is 5.14. The van der Waals surface area contributed by atoms with Crippen molar-refractivity contribution in [2.24, 2.45) is 7.05 Å². The van der Waals surface area contributed by atoms with Gasteiger partial charge in [-0.3, -0.25) is 4.79 Å². The van der Waals surface area contributed by atoms with Crippen LogP contribution in [-0.4, -0.2) is 29.2 Å². The summed E-state index contributed by atoms with van der Waals surface area (Å²) in [6.07, 6.45) is 3.55. The topological polar surface area (TPSA) is 77.4 Å². The van der Waals surface area contributed by atoms with Gasteiger partial charge < -0.3 is 24.7 Å². The summed E-state index contributed by atoms with van der Waals surface area (Å²) in [6, 6.07) is 24.5. The minimum Gasteiger partial charge on any atom is -0.497 e. The van der Waals surface area contributed by atoms with Gasteiger partial charge in [0.05, 0.1) is 7.11 Å². The Morgan fingerprint density at radius 2 is 1.73 bits per heavy atom. The van der Waals surface area contributed by atoms with Gasteiger partial charge in [0, 0.05) is 30.8 Å². The van der Waals surface area contributed by atoms with E-state index in [0.29, 0.717) is 17.3 Å². The van der Waals surface area contributed by atoms with Crippen molar-refractivity contribution in [3.8, 4) is 11.5 Å². The zero-order valence-corrected chi connectivity index (χ0v) is 18.6. The summed E-state index contributed by atoms with van der Waals surface area (Å²) >= 11 is 0. The second-order valence-electron chi connectivity index (χ2n) is 7.48. The molecule has 1 heterocycles. The molecule has 0 radical (unpaired) electrons. The van der Waals surface area contributed by atoms with Crippen molar-refractivity contribution in [2.45, 2.75) is 6.04 Å². The van der Waals surface area contributed by atoms with E-state index in [9.17, 15) is 4.79 Å². The highest BCUT2D eigenvalue weighted by Gasteiger charge is 2.21. The van der Waals surface area contributed by atoms with Gasteiger partial charge in [-0.25, -0.2) is 4.98 Å². The fourth-order valence-corrected chi connectivity index (χ4v) is 3.45. The Balaban J connectivity index is 1.40. The third kappa shape index (κ3) is 5.71. The van der Waals surface area contributed by atoms with Crippen molar-refractivity contribution < 1.29 is 14.3 Å². The molecule has 2 N–H and O–H groups in total. The Morgan fingerprint density at radius 3 is 2.42 bits per heavy atom. The molecule has 0 aliphatic heterocycles. The predicted octanol–water partition coefficient (Wildman–Crippen LogP) is 4.46. The molecule has 1 aromatic heterocycles. The van der Waals surface area contributed by atoms with Crippen LogP contribution in [0.2, 0.25) is 0 Å². The molecular weight excluding hydrogens is 416 g/mol. The number of hydrogen-bond acceptors (Lipinski definition) is 5. The molecule has 0 unspecified atom stereocenters. The SMILES string of the molecule is COc1cccc([C@@H](NC(=O)COc2ccc(Nc3ccccc3)cc2)c2nccn2C)c1. The van der Waals surface area contributed by atoms with Crippen LogP contribution in [0.1, 0.15) is 17.4 Å². The number of methoxy groups -OCH3 is 1. The van der Waals surface area contributed by atoms with Crippen LogP contribution < -0.4 is 20.1 Å². The highest BCUT2D eigenvalue weighted by molar-refractivity contribution is 5.78. The quantitative estimate of drug-likeness (QED) is 0.400. The molecule has 1 amide bonds. The molecule has 0 saturated heterocycles. The summed E-state index contributed by atoms with van der Waals surface area (Å²) < 4.78 is 12.9. The van der Waals surface area contributed by atoms with Gasteiger partial charge in [0.15, 0.2) is 6.61 Å². The number of anilines is 2. The van der Waals surface area contributed by atoms with Crippen molar-refractivity contribution in [2.75, 3.05) is 19.0 Å². The monoisotopic (exact) mass is 442 g/mol. The molecular formula is C26H26N4O3. The van der Waals surface area contributed by atoms with E-state index in [1.54, 1.807) is 13.3 Å². The summed E-state index contributed by atoms with van der Waals surface area (Å²) in [5, 5.41) is 6.34. The zero-order valence-electron chi connectivity index (χ0n) is 18.6. The second-order valence-corrected chi connectivity index (χ2v) is 7.48. The first-order valence-corrected chi connectivity index (χ1v) is 10.6. The van der Waals surface area contributed by atoms with Crippen molar-refractivity contribution in [3.05, 3.63) is 103 Å². The number of nitrogens with zero attached hydrogens (tertiary/aromatic N) is 2. The lowest BCUT2D eigenvalue weighted by molar-refractivity contribution is -0.123. The molecule has 4 rings (SSSR count). The Hall–Kier alpha value is -4.26. The third-order valence-electron chi connectivity index (χ3n) is 5.14. The number of ether oxygens (including phenoxy) is 2. The standard InChI is InChI=1S/C26H26N4O3/c1-30-16-15-27-26(30)25(19-7-6-10-23(17-19)32-2)29-24(31)18-33-22-13-11-21(12-14-22)28-20-8-4-3-5-9-20/h3-17,25,28H,18H2,1-2H3,(H,29,31)/t25-/m1/s1. The molecule has 33 heavy (non-hydrogen) atoms. The molecule has 0 aliphatic rings. The largest absolute Gasteiger partial charge is 0.497 e. The van der Waals surface area contributed by atoms with E-state index in [4.69, 9.17) is 9.47 Å². The Morgan fingerprint density at radius 1 is 0.970 bits per heavy atom. The van der Waals surface area contributed by atoms with Crippen LogP contribution in [0.15, 0.2) is 91.3 Å². The van der Waals surface area contributed by atoms with Crippen LogP contribution >= 0.6 is 0 Å². The summed E-state index contributed by atoms with van der Waals surface area (Å²) in [5.41, 5.74) is 2.81. The molecule has 7 heteroatoms. The van der Waals surface area contributed by atoms with E-state index >= 15 is 0 Å². The lowest BCUT2D eigenvalue weighted by Crippen LogP contribution is -2.34. The van der Waals surface area contributed by atoms with Crippen LogP contribution in [0.3, 0.4) is 0 Å². The van der Waals surface area contributed by atoms with Crippen molar-refractivity contribution in [1.82, 2.24) is 14.9 Å². The smallest absolute Gasteiger partial charge is 0.258 e. The lowest BCUT2D eigenvalue weighted by atomic mass is 10.1. The molecule has 3 aromatic carbocycles. The van der Waals surface area contributed by atoms with E-state index in [1.807, 2.05) is 96.7 Å². The van der Waals surface area contributed by atoms with Gasteiger partial charge in [0.2, 0.25) is 0 Å². The number of para-hydroxylation sites is 1. The first-order valence-electron chi connectivity index (χ1n) is 10.6. The number of carbonyl (C=O) groups is 1. The molecule has 7 nitrogen and oxygen atoms in total. The number of rotatable bonds is 9. The molecule has 4 aromatic rings. The van der Waals surface area contributed by atoms with Gasteiger partial charge >= 0.3 is 0 Å². The maximum atomic E-state index is 12.8. The number of nitrogens with one attached hydrogen (secondary N) is 2. The lowest BCUT2D eigenvalue weighted by Gasteiger charge is -2.20. The number of aromatic nitrogens is 2. The van der Waals surface area contributed by atoms with Crippen LogP contribution in [-0.2, 0) is 11.8 Å². The number of amides is 1. The van der Waals surface area contributed by atoms with E-state index in [-0.39, 0.29) is 12.5 Å². The van der Waals surface area contributed by atoms with Crippen LogP contribution in [0.5, 0.6) is 11.5 Å². The van der Waals surface area contributed by atoms with E-state index in [0.717, 1.165) is 16.9 Å². The predicted molar refractivity (Wildman–Crippen MR) is 128 cm³/mol. The molecule has 1 atom stereocenters. The van der Waals surface area contributed by atoms with Crippen LogP contribution in [0.25, 0.3) is 0 Å². The van der Waals surface area contributed by atoms with Gasteiger partial charge in [-0.2, -0.15) is 0 Å². The number of carbonyl (C=O) groups excluding carboxylic acids is 1. The minimum atomic E-state index is -0.436. The number of aryl methyl sites for hydroxylation is 1. The number of imidazole rings is 1. The maximum Gasteiger partial charge on any atom is 0.258 e. The van der Waals surface area contributed by atoms with Crippen LogP contribution in [0, 0.1) is 0 Å². The van der Waals surface area contributed by atoms with Gasteiger partial charge in [0.1, 0.15) is 23.4 Å². The first-order chi connectivity index (χ1) is 16.1. The highest BCUT2D eigenvalue weighted by Crippen LogP contribution is 2.24. The fraction of sp³-hybridized carbons (Fsp3) is 0.154. The van der Waals surface area contributed by atoms with Crippen molar-refractivity contribution in [3.63, 3.8) is 0 Å². The minimum absolute atomic E-state index is 0.115. The van der Waals surface area contributed by atoms with Gasteiger partial charge in [-0.1, -0.05) is 30.3 Å². The average molecular weight is 443 g/mol. The van der Waals surface area contributed by atoms with Crippen molar-refractivity contribution >= 4 is 17.3 Å². The normalized spacial score (nSPS) is 11.5. The van der Waals surface area contributed by atoms with Crippen LogP contribution in [0.4, 0.5) is 11.4 Å². The number of hydrogen-bond donors (Lipinski definition) is 2. The summed E-state index contributed by atoms with van der Waals surface area (Å²) in [6.45, 7) is -0.115. The Kier molecular flexibility index (Phi) is 6.90. The molecule has 0 fully saturated rings. The summed E-state index contributed by atoms with van der Waals surface area (Å²) in [4.78, 5) is 17.2. The van der Waals surface area contributed by atoms with E-state index in [1.165, 1.54) is 0 Å². The molecule has 0 saturated carbocycles. The fourth-order valence-electron chi connectivity index (χ4n) is 3.45. The van der Waals surface area contributed by atoms with E-state index < -0.39 is 6.04 Å². The van der Waals surface area contributed by atoms with E-state index in [2.05, 4.69) is 15.6 Å². The molecule has 168 valence electrons. The Labute approximate surface area is 193 Å². The van der Waals surface area contributed by atoms with Gasteiger partial charge in [0.25, 0.3) is 5.91 Å². The first kappa shape index (κ1) is 22.0. The Bertz CT molecular complexity index is 1190. The molecule has 0 aliphatic carbocycles. The molecule has 0 bridgehead atoms. The summed E-state index contributed by atoms with van der Waals surface area (Å²) in [7, 11) is 3.51. The average Bonchev–Trinajstić information content (AvgIpc) is 3.28. The van der Waals surface area contributed by atoms with Gasteiger partial charge in [-0.15, -0.1) is 0 Å². The van der Waals surface area contributed by atoms with Crippen molar-refractivity contribution in [1.29, 1.82) is 0 Å². The molecule has 0 spiro atoms. The summed E-state index contributed by atoms with van der Waals surface area (Å²) in [5.74, 6) is 1.78.